The van der Waals surface area contributed by atoms with Crippen molar-refractivity contribution < 1.29 is 4.79 Å². The van der Waals surface area contributed by atoms with E-state index < -0.39 is 0 Å². The van der Waals surface area contributed by atoms with Crippen molar-refractivity contribution in [3.63, 3.8) is 0 Å². The van der Waals surface area contributed by atoms with Gasteiger partial charge in [0.2, 0.25) is 0 Å². The zero-order chi connectivity index (χ0) is 11.7. The number of carbonyl (C=O) groups excluding carboxylic acids is 1. The zero-order valence-corrected chi connectivity index (χ0v) is 10.8. The minimum Gasteiger partial charge on any atom is -0.298 e. The summed E-state index contributed by atoms with van der Waals surface area (Å²) in [4.78, 5) is 11.0. The van der Waals surface area contributed by atoms with Gasteiger partial charge in [0.05, 0.1) is 5.56 Å². The number of carbonyl (C=O) groups is 1. The lowest BCUT2D eigenvalue weighted by molar-refractivity contribution is 0.112. The van der Waals surface area contributed by atoms with Gasteiger partial charge in [-0.3, -0.25) is 9.48 Å². The van der Waals surface area contributed by atoms with E-state index in [9.17, 15) is 4.79 Å². The molecule has 1 aromatic carbocycles. The van der Waals surface area contributed by atoms with Gasteiger partial charge in [0.25, 0.3) is 0 Å². The van der Waals surface area contributed by atoms with Crippen molar-refractivity contribution in [1.29, 1.82) is 0 Å². The van der Waals surface area contributed by atoms with Gasteiger partial charge in [0.15, 0.2) is 6.29 Å². The Bertz CT molecular complexity index is 534. The van der Waals surface area contributed by atoms with Gasteiger partial charge < -0.3 is 0 Å². The molecule has 0 spiro atoms. The van der Waals surface area contributed by atoms with Gasteiger partial charge in [0, 0.05) is 17.6 Å². The first-order valence-corrected chi connectivity index (χ1v) is 5.74. The Labute approximate surface area is 106 Å². The van der Waals surface area contributed by atoms with Gasteiger partial charge in [-0.1, -0.05) is 23.7 Å². The molecular weight excluding hydrogens is 291 g/mol. The second-order valence-corrected chi connectivity index (χ2v) is 4.49. The van der Waals surface area contributed by atoms with Crippen LogP contribution in [0.1, 0.15) is 10.4 Å². The Balaban J connectivity index is 2.59. The van der Waals surface area contributed by atoms with E-state index in [1.165, 1.54) is 0 Å². The third-order valence-electron chi connectivity index (χ3n) is 2.25. The number of aldehydes is 1. The highest BCUT2D eigenvalue weighted by Gasteiger charge is 2.14. The first-order chi connectivity index (χ1) is 7.63. The van der Waals surface area contributed by atoms with Crippen LogP contribution in [0.5, 0.6) is 0 Å². The normalized spacial score (nSPS) is 10.4. The van der Waals surface area contributed by atoms with Crippen LogP contribution in [0.3, 0.4) is 0 Å². The maximum absolute atomic E-state index is 11.0. The number of halogens is 2. The number of benzene rings is 1. The van der Waals surface area contributed by atoms with Crippen LogP contribution in [0.25, 0.3) is 11.3 Å². The van der Waals surface area contributed by atoms with Crippen molar-refractivity contribution in [2.45, 2.75) is 0 Å². The van der Waals surface area contributed by atoms with E-state index in [1.807, 2.05) is 12.1 Å². The Hall–Kier alpha value is -1.13. The fraction of sp³-hybridized carbons (Fsp3) is 0.0909. The molecule has 0 atom stereocenters. The highest BCUT2D eigenvalue weighted by molar-refractivity contribution is 9.10. The first-order valence-electron chi connectivity index (χ1n) is 4.57. The Morgan fingerprint density at radius 2 is 2.00 bits per heavy atom. The van der Waals surface area contributed by atoms with Crippen molar-refractivity contribution >= 4 is 33.8 Å². The summed E-state index contributed by atoms with van der Waals surface area (Å²) >= 11 is 9.12. The van der Waals surface area contributed by atoms with Crippen LogP contribution in [-0.2, 0) is 7.05 Å². The van der Waals surface area contributed by atoms with Crippen molar-refractivity contribution in [1.82, 2.24) is 9.78 Å². The van der Waals surface area contributed by atoms with Crippen LogP contribution >= 0.6 is 27.5 Å². The SMILES string of the molecule is Cn1nc(-c2ccc(Cl)cc2)c(C=O)c1Br. The second-order valence-electron chi connectivity index (χ2n) is 3.30. The van der Waals surface area contributed by atoms with E-state index in [2.05, 4.69) is 21.0 Å². The largest absolute Gasteiger partial charge is 0.298 e. The van der Waals surface area contributed by atoms with Gasteiger partial charge in [-0.05, 0) is 28.1 Å². The molecule has 0 saturated heterocycles. The van der Waals surface area contributed by atoms with Gasteiger partial charge in [0.1, 0.15) is 10.3 Å². The minimum atomic E-state index is 0.546. The van der Waals surface area contributed by atoms with Gasteiger partial charge in [-0.25, -0.2) is 0 Å². The maximum atomic E-state index is 11.0. The molecule has 0 radical (unpaired) electrons. The summed E-state index contributed by atoms with van der Waals surface area (Å²) in [5.41, 5.74) is 2.07. The molecule has 2 rings (SSSR count). The quantitative estimate of drug-likeness (QED) is 0.797. The fourth-order valence-corrected chi connectivity index (χ4v) is 1.93. The number of aromatic nitrogens is 2. The molecule has 0 N–H and O–H groups in total. The van der Waals surface area contributed by atoms with Crippen LogP contribution < -0.4 is 0 Å². The number of hydrogen-bond donors (Lipinski definition) is 0. The number of hydrogen-bond acceptors (Lipinski definition) is 2. The molecule has 82 valence electrons. The summed E-state index contributed by atoms with van der Waals surface area (Å²) in [5, 5.41) is 4.94. The van der Waals surface area contributed by atoms with Gasteiger partial charge in [-0.2, -0.15) is 5.10 Å². The maximum Gasteiger partial charge on any atom is 0.155 e. The summed E-state index contributed by atoms with van der Waals surface area (Å²) in [6.45, 7) is 0. The molecule has 0 fully saturated rings. The molecule has 2 aromatic rings. The molecule has 5 heteroatoms. The van der Waals surface area contributed by atoms with E-state index in [0.717, 1.165) is 11.8 Å². The molecule has 0 aliphatic heterocycles. The number of nitrogens with zero attached hydrogens (tertiary/aromatic N) is 2. The average molecular weight is 300 g/mol. The van der Waals surface area contributed by atoms with Crippen molar-refractivity contribution in [3.8, 4) is 11.3 Å². The summed E-state index contributed by atoms with van der Waals surface area (Å²) in [6, 6.07) is 7.22. The molecule has 0 amide bonds. The molecule has 0 aliphatic rings. The van der Waals surface area contributed by atoms with Gasteiger partial charge >= 0.3 is 0 Å². The van der Waals surface area contributed by atoms with Crippen molar-refractivity contribution in [2.75, 3.05) is 0 Å². The summed E-state index contributed by atoms with van der Waals surface area (Å²) < 4.78 is 2.29. The fourth-order valence-electron chi connectivity index (χ4n) is 1.45. The zero-order valence-electron chi connectivity index (χ0n) is 8.45. The van der Waals surface area contributed by atoms with Crippen molar-refractivity contribution in [2.24, 2.45) is 7.05 Å². The summed E-state index contributed by atoms with van der Waals surface area (Å²) in [7, 11) is 1.77. The third-order valence-corrected chi connectivity index (χ3v) is 3.44. The Morgan fingerprint density at radius 1 is 1.38 bits per heavy atom. The standard InChI is InChI=1S/C11H8BrClN2O/c1-15-11(12)9(6-16)10(14-15)7-2-4-8(13)5-3-7/h2-6H,1H3. The lowest BCUT2D eigenvalue weighted by Gasteiger charge is -1.97. The van der Waals surface area contributed by atoms with Crippen LogP contribution in [0.4, 0.5) is 0 Å². The van der Waals surface area contributed by atoms with Crippen LogP contribution in [0.2, 0.25) is 5.02 Å². The van der Waals surface area contributed by atoms with Crippen LogP contribution in [0.15, 0.2) is 28.9 Å². The highest BCUT2D eigenvalue weighted by atomic mass is 79.9. The molecule has 0 aliphatic carbocycles. The Morgan fingerprint density at radius 3 is 2.56 bits per heavy atom. The van der Waals surface area contributed by atoms with E-state index in [-0.39, 0.29) is 0 Å². The van der Waals surface area contributed by atoms with Crippen LogP contribution in [-0.4, -0.2) is 16.1 Å². The predicted octanol–water partition coefficient (Wildman–Crippen LogP) is 3.32. The highest BCUT2D eigenvalue weighted by Crippen LogP contribution is 2.27. The molecular formula is C11H8BrClN2O. The first kappa shape index (κ1) is 11.4. The number of aryl methyl sites for hydroxylation is 1. The number of rotatable bonds is 2. The molecule has 0 bridgehead atoms. The average Bonchev–Trinajstić information content (AvgIpc) is 2.56. The lowest BCUT2D eigenvalue weighted by Crippen LogP contribution is -1.89. The predicted molar refractivity (Wildman–Crippen MR) is 66.7 cm³/mol. The monoisotopic (exact) mass is 298 g/mol. The van der Waals surface area contributed by atoms with Crippen LogP contribution in [0, 0.1) is 0 Å². The van der Waals surface area contributed by atoms with E-state index in [0.29, 0.717) is 20.9 Å². The van der Waals surface area contributed by atoms with Crippen molar-refractivity contribution in [3.05, 3.63) is 39.5 Å². The molecule has 0 saturated carbocycles. The summed E-state index contributed by atoms with van der Waals surface area (Å²) in [6.07, 6.45) is 0.793. The van der Waals surface area contributed by atoms with Gasteiger partial charge in [-0.15, -0.1) is 0 Å². The minimum absolute atomic E-state index is 0.546. The van der Waals surface area contributed by atoms with E-state index in [1.54, 1.807) is 23.9 Å². The lowest BCUT2D eigenvalue weighted by atomic mass is 10.1. The summed E-state index contributed by atoms with van der Waals surface area (Å²) in [5.74, 6) is 0. The topological polar surface area (TPSA) is 34.9 Å². The molecule has 16 heavy (non-hydrogen) atoms. The smallest absolute Gasteiger partial charge is 0.155 e. The third kappa shape index (κ3) is 1.90. The van der Waals surface area contributed by atoms with E-state index >= 15 is 0 Å². The Kier molecular flexibility index (Phi) is 3.12. The molecule has 1 heterocycles. The molecule has 1 aromatic heterocycles. The molecule has 3 nitrogen and oxygen atoms in total. The molecule has 0 unspecified atom stereocenters. The van der Waals surface area contributed by atoms with E-state index in [4.69, 9.17) is 11.6 Å². The second kappa shape index (κ2) is 4.39.